The summed E-state index contributed by atoms with van der Waals surface area (Å²) in [5.41, 5.74) is 0. The van der Waals surface area contributed by atoms with Crippen molar-refractivity contribution in [2.75, 3.05) is 26.3 Å². The van der Waals surface area contributed by atoms with Gasteiger partial charge in [0.2, 0.25) is 0 Å². The van der Waals surface area contributed by atoms with Gasteiger partial charge in [-0.15, -0.1) is 0 Å². The molecule has 0 saturated carbocycles. The van der Waals surface area contributed by atoms with Gasteiger partial charge in [0.25, 0.3) is 0 Å². The summed E-state index contributed by atoms with van der Waals surface area (Å²) in [6, 6.07) is 0.419. The van der Waals surface area contributed by atoms with Crippen LogP contribution in [0.1, 0.15) is 33.1 Å². The second kappa shape index (κ2) is 6.86. The van der Waals surface area contributed by atoms with Crippen LogP contribution < -0.4 is 0 Å². The molecule has 0 radical (unpaired) electrons. The summed E-state index contributed by atoms with van der Waals surface area (Å²) < 4.78 is 5.33. The molecule has 0 unspecified atom stereocenters. The zero-order chi connectivity index (χ0) is 12.0. The van der Waals surface area contributed by atoms with Crippen LogP contribution in [0.15, 0.2) is 0 Å². The number of hydrogen-bond donors (Lipinski definition) is 1. The molecule has 0 bridgehead atoms. The molecule has 94 valence electrons. The lowest BCUT2D eigenvalue weighted by Gasteiger charge is -2.32. The lowest BCUT2D eigenvalue weighted by molar-refractivity contribution is -0.137. The fourth-order valence-electron chi connectivity index (χ4n) is 2.06. The van der Waals surface area contributed by atoms with Crippen LogP contribution in [-0.2, 0) is 9.53 Å². The van der Waals surface area contributed by atoms with E-state index >= 15 is 0 Å². The van der Waals surface area contributed by atoms with Gasteiger partial charge in [-0.1, -0.05) is 0 Å². The Hall–Kier alpha value is -0.610. The molecule has 0 aromatic heterocycles. The third kappa shape index (κ3) is 4.94. The summed E-state index contributed by atoms with van der Waals surface area (Å²) >= 11 is 0. The minimum atomic E-state index is -0.711. The highest BCUT2D eigenvalue weighted by molar-refractivity contribution is 5.66. The Balaban J connectivity index is 2.34. The number of ether oxygens (including phenoxy) is 1. The Bertz CT molecular complexity index is 212. The number of rotatable bonds is 6. The smallest absolute Gasteiger partial charge is 0.304 e. The third-order valence-corrected chi connectivity index (χ3v) is 3.18. The lowest BCUT2D eigenvalue weighted by Crippen LogP contribution is -2.38. The van der Waals surface area contributed by atoms with E-state index in [9.17, 15) is 4.79 Å². The number of carbonyl (C=O) groups is 1. The molecule has 0 amide bonds. The van der Waals surface area contributed by atoms with Gasteiger partial charge < -0.3 is 14.7 Å². The molecule has 1 heterocycles. The van der Waals surface area contributed by atoms with Crippen molar-refractivity contribution in [2.24, 2.45) is 5.92 Å². The van der Waals surface area contributed by atoms with Crippen LogP contribution in [0.25, 0.3) is 0 Å². The molecule has 1 saturated heterocycles. The van der Waals surface area contributed by atoms with Crippen LogP contribution in [0.5, 0.6) is 0 Å². The van der Waals surface area contributed by atoms with Crippen molar-refractivity contribution in [1.29, 1.82) is 0 Å². The minimum Gasteiger partial charge on any atom is -0.481 e. The van der Waals surface area contributed by atoms with Crippen LogP contribution in [0, 0.1) is 5.92 Å². The molecule has 4 heteroatoms. The zero-order valence-electron chi connectivity index (χ0n) is 10.3. The molecule has 0 aromatic rings. The largest absolute Gasteiger partial charge is 0.481 e. The second-order valence-corrected chi connectivity index (χ2v) is 4.79. The van der Waals surface area contributed by atoms with E-state index < -0.39 is 5.97 Å². The highest BCUT2D eigenvalue weighted by atomic mass is 16.5. The van der Waals surface area contributed by atoms with E-state index in [0.717, 1.165) is 32.6 Å². The van der Waals surface area contributed by atoms with E-state index in [1.807, 2.05) is 0 Å². The number of carboxylic acid groups (broad SMARTS) is 1. The van der Waals surface area contributed by atoms with Crippen molar-refractivity contribution in [3.63, 3.8) is 0 Å². The van der Waals surface area contributed by atoms with Gasteiger partial charge in [0, 0.05) is 32.3 Å². The normalized spacial score (nSPS) is 18.2. The average molecular weight is 229 g/mol. The van der Waals surface area contributed by atoms with Crippen LogP contribution in [-0.4, -0.2) is 48.3 Å². The third-order valence-electron chi connectivity index (χ3n) is 3.18. The number of aliphatic carboxylic acids is 1. The summed E-state index contributed by atoms with van der Waals surface area (Å²) in [4.78, 5) is 12.8. The molecular formula is C12H23NO3. The van der Waals surface area contributed by atoms with Crippen LogP contribution in [0.4, 0.5) is 0 Å². The van der Waals surface area contributed by atoms with Crippen molar-refractivity contribution in [3.05, 3.63) is 0 Å². The van der Waals surface area contributed by atoms with E-state index in [1.54, 1.807) is 0 Å². The first-order valence-electron chi connectivity index (χ1n) is 6.13. The van der Waals surface area contributed by atoms with Crippen molar-refractivity contribution < 1.29 is 14.6 Å². The Morgan fingerprint density at radius 2 is 2.06 bits per heavy atom. The Kier molecular flexibility index (Phi) is 5.77. The lowest BCUT2D eigenvalue weighted by atomic mass is 9.99. The SMILES string of the molecule is CC(C)N(CCC(=O)O)CC1CCOCC1. The van der Waals surface area contributed by atoms with Gasteiger partial charge in [-0.25, -0.2) is 0 Å². The number of nitrogens with zero attached hydrogens (tertiary/aromatic N) is 1. The van der Waals surface area contributed by atoms with E-state index in [1.165, 1.54) is 0 Å². The summed E-state index contributed by atoms with van der Waals surface area (Å²) in [5, 5.41) is 8.70. The number of carboxylic acids is 1. The first-order chi connectivity index (χ1) is 7.59. The maximum Gasteiger partial charge on any atom is 0.304 e. The van der Waals surface area contributed by atoms with Crippen molar-refractivity contribution in [2.45, 2.75) is 39.2 Å². The van der Waals surface area contributed by atoms with Crippen LogP contribution >= 0.6 is 0 Å². The Morgan fingerprint density at radius 3 is 2.56 bits per heavy atom. The van der Waals surface area contributed by atoms with Gasteiger partial charge in [-0.2, -0.15) is 0 Å². The highest BCUT2D eigenvalue weighted by Crippen LogP contribution is 2.17. The second-order valence-electron chi connectivity index (χ2n) is 4.79. The minimum absolute atomic E-state index is 0.237. The number of hydrogen-bond acceptors (Lipinski definition) is 3. The molecule has 4 nitrogen and oxygen atoms in total. The van der Waals surface area contributed by atoms with Gasteiger partial charge in [0.15, 0.2) is 0 Å². The fourth-order valence-corrected chi connectivity index (χ4v) is 2.06. The molecule has 1 rings (SSSR count). The van der Waals surface area contributed by atoms with Crippen LogP contribution in [0.2, 0.25) is 0 Å². The topological polar surface area (TPSA) is 49.8 Å². The molecule has 0 aliphatic carbocycles. The van der Waals surface area contributed by atoms with Gasteiger partial charge in [-0.05, 0) is 32.6 Å². The maximum absolute atomic E-state index is 10.6. The van der Waals surface area contributed by atoms with E-state index in [2.05, 4.69) is 18.7 Å². The molecule has 0 spiro atoms. The average Bonchev–Trinajstić information content (AvgIpc) is 2.25. The molecule has 1 aliphatic rings. The summed E-state index contributed by atoms with van der Waals surface area (Å²) in [6.45, 7) is 7.63. The predicted molar refractivity (Wildman–Crippen MR) is 62.5 cm³/mol. The molecular weight excluding hydrogens is 206 g/mol. The van der Waals surface area contributed by atoms with Gasteiger partial charge >= 0.3 is 5.97 Å². The summed E-state index contributed by atoms with van der Waals surface area (Å²) in [7, 11) is 0. The van der Waals surface area contributed by atoms with E-state index in [0.29, 0.717) is 18.5 Å². The predicted octanol–water partition coefficient (Wildman–Crippen LogP) is 1.60. The quantitative estimate of drug-likeness (QED) is 0.751. The maximum atomic E-state index is 10.6. The van der Waals surface area contributed by atoms with Crippen molar-refractivity contribution in [1.82, 2.24) is 4.90 Å². The molecule has 0 aromatic carbocycles. The fraction of sp³-hybridized carbons (Fsp3) is 0.917. The Morgan fingerprint density at radius 1 is 1.44 bits per heavy atom. The molecule has 1 aliphatic heterocycles. The van der Waals surface area contributed by atoms with Crippen molar-refractivity contribution >= 4 is 5.97 Å². The standard InChI is InChI=1S/C12H23NO3/c1-10(2)13(6-3-12(14)15)9-11-4-7-16-8-5-11/h10-11H,3-9H2,1-2H3,(H,14,15). The zero-order valence-corrected chi connectivity index (χ0v) is 10.3. The Labute approximate surface area is 97.6 Å². The molecule has 16 heavy (non-hydrogen) atoms. The van der Waals surface area contributed by atoms with Gasteiger partial charge in [-0.3, -0.25) is 4.79 Å². The molecule has 1 N–H and O–H groups in total. The van der Waals surface area contributed by atoms with Gasteiger partial charge in [0.05, 0.1) is 6.42 Å². The first-order valence-corrected chi connectivity index (χ1v) is 6.13. The summed E-state index contributed by atoms with van der Waals surface area (Å²) in [6.07, 6.45) is 2.45. The molecule has 1 fully saturated rings. The first kappa shape index (κ1) is 13.5. The van der Waals surface area contributed by atoms with Crippen molar-refractivity contribution in [3.8, 4) is 0 Å². The van der Waals surface area contributed by atoms with Gasteiger partial charge in [0.1, 0.15) is 0 Å². The van der Waals surface area contributed by atoms with E-state index in [4.69, 9.17) is 9.84 Å². The summed E-state index contributed by atoms with van der Waals surface area (Å²) in [5.74, 6) is -0.0393. The molecule has 0 atom stereocenters. The monoisotopic (exact) mass is 229 g/mol. The highest BCUT2D eigenvalue weighted by Gasteiger charge is 2.19. The van der Waals surface area contributed by atoms with E-state index in [-0.39, 0.29) is 6.42 Å². The van der Waals surface area contributed by atoms with Crippen LogP contribution in [0.3, 0.4) is 0 Å².